The Kier molecular flexibility index (Phi) is 10.2. The van der Waals surface area contributed by atoms with Crippen molar-refractivity contribution in [3.8, 4) is 5.75 Å². The third-order valence-corrected chi connectivity index (χ3v) is 6.14. The Morgan fingerprint density at radius 1 is 0.974 bits per heavy atom. The molecule has 204 valence electrons. The monoisotopic (exact) mass is 525 g/mol. The summed E-state index contributed by atoms with van der Waals surface area (Å²) in [5.41, 5.74) is 1.78. The smallest absolute Gasteiger partial charge is 0.310 e. The molecule has 0 bridgehead atoms. The van der Waals surface area contributed by atoms with Crippen LogP contribution in [-0.4, -0.2) is 53.2 Å². The van der Waals surface area contributed by atoms with E-state index in [-0.39, 0.29) is 37.0 Å². The molecule has 0 radical (unpaired) electrons. The van der Waals surface area contributed by atoms with Gasteiger partial charge in [0.2, 0.25) is 24.0 Å². The fourth-order valence-corrected chi connectivity index (χ4v) is 3.93. The summed E-state index contributed by atoms with van der Waals surface area (Å²) in [7, 11) is 0. The predicted molar refractivity (Wildman–Crippen MR) is 138 cm³/mol. The van der Waals surface area contributed by atoms with E-state index in [0.29, 0.717) is 6.42 Å². The average molecular weight is 526 g/mol. The third-order valence-electron chi connectivity index (χ3n) is 6.14. The molecule has 0 saturated carbocycles. The molecule has 2 aromatic rings. The summed E-state index contributed by atoms with van der Waals surface area (Å²) in [4.78, 5) is 50.1. The molecular formula is C28H35N3O7. The van der Waals surface area contributed by atoms with Crippen LogP contribution in [0.2, 0.25) is 0 Å². The molecule has 0 aliphatic carbocycles. The van der Waals surface area contributed by atoms with Gasteiger partial charge >= 0.3 is 5.97 Å². The van der Waals surface area contributed by atoms with E-state index in [2.05, 4.69) is 16.0 Å². The highest BCUT2D eigenvalue weighted by molar-refractivity contribution is 5.92. The summed E-state index contributed by atoms with van der Waals surface area (Å²) in [6, 6.07) is 13.5. The number of hydrogen-bond donors (Lipinski definition) is 4. The highest BCUT2D eigenvalue weighted by Crippen LogP contribution is 2.18. The van der Waals surface area contributed by atoms with Crippen LogP contribution in [0, 0.1) is 5.92 Å². The first-order valence-corrected chi connectivity index (χ1v) is 12.7. The molecule has 1 aliphatic rings. The van der Waals surface area contributed by atoms with Crippen molar-refractivity contribution in [3.05, 3.63) is 65.7 Å². The van der Waals surface area contributed by atoms with Gasteiger partial charge in [0.25, 0.3) is 0 Å². The molecule has 0 aromatic heterocycles. The lowest BCUT2D eigenvalue weighted by atomic mass is 10.0. The second-order valence-electron chi connectivity index (χ2n) is 9.66. The number of benzene rings is 2. The Morgan fingerprint density at radius 3 is 2.32 bits per heavy atom. The number of ether oxygens (including phenoxy) is 2. The van der Waals surface area contributed by atoms with E-state index in [1.54, 1.807) is 38.1 Å². The van der Waals surface area contributed by atoms with Crippen molar-refractivity contribution in [2.75, 3.05) is 0 Å². The number of amides is 3. The van der Waals surface area contributed by atoms with Crippen LogP contribution in [0.25, 0.3) is 0 Å². The molecule has 3 amide bonds. The largest absolute Gasteiger partial charge is 0.508 e. The van der Waals surface area contributed by atoms with Gasteiger partial charge in [-0.05, 0) is 42.5 Å². The molecule has 0 spiro atoms. The Balaban J connectivity index is 1.49. The molecule has 1 fully saturated rings. The summed E-state index contributed by atoms with van der Waals surface area (Å²) in [5, 5.41) is 17.5. The number of carbonyl (C=O) groups is 4. The molecule has 4 atom stereocenters. The van der Waals surface area contributed by atoms with Gasteiger partial charge in [0.05, 0.1) is 13.0 Å². The minimum Gasteiger partial charge on any atom is -0.508 e. The lowest BCUT2D eigenvalue weighted by molar-refractivity contribution is -0.168. The maximum absolute atomic E-state index is 12.9. The van der Waals surface area contributed by atoms with Crippen molar-refractivity contribution in [3.63, 3.8) is 0 Å². The fourth-order valence-electron chi connectivity index (χ4n) is 3.93. The molecule has 1 saturated heterocycles. The van der Waals surface area contributed by atoms with Crippen molar-refractivity contribution >= 4 is 23.7 Å². The van der Waals surface area contributed by atoms with Gasteiger partial charge in [0.1, 0.15) is 23.9 Å². The van der Waals surface area contributed by atoms with E-state index in [1.807, 2.05) is 30.3 Å². The number of aryl methyl sites for hydroxylation is 1. The van der Waals surface area contributed by atoms with Crippen LogP contribution in [0.1, 0.15) is 44.7 Å². The van der Waals surface area contributed by atoms with Crippen molar-refractivity contribution in [1.29, 1.82) is 0 Å². The number of nitrogens with one attached hydrogen (secondary N) is 3. The first kappa shape index (κ1) is 28.6. The summed E-state index contributed by atoms with van der Waals surface area (Å²) < 4.78 is 10.9. The quantitative estimate of drug-likeness (QED) is 0.310. The van der Waals surface area contributed by atoms with Crippen molar-refractivity contribution in [1.82, 2.24) is 16.0 Å². The summed E-state index contributed by atoms with van der Waals surface area (Å²) in [6.45, 7) is 5.32. The van der Waals surface area contributed by atoms with E-state index in [0.717, 1.165) is 11.1 Å². The van der Waals surface area contributed by atoms with Gasteiger partial charge in [-0.1, -0.05) is 56.3 Å². The van der Waals surface area contributed by atoms with Crippen LogP contribution in [0.4, 0.5) is 0 Å². The van der Waals surface area contributed by atoms with Gasteiger partial charge in [-0.25, -0.2) is 0 Å². The second kappa shape index (κ2) is 13.6. The fraction of sp³-hybridized carbons (Fsp3) is 0.429. The number of hydrogen-bond acceptors (Lipinski definition) is 7. The number of carbonyl (C=O) groups excluding carboxylic acids is 4. The van der Waals surface area contributed by atoms with Crippen LogP contribution in [0.3, 0.4) is 0 Å². The van der Waals surface area contributed by atoms with E-state index in [4.69, 9.17) is 9.47 Å². The van der Waals surface area contributed by atoms with E-state index < -0.39 is 42.2 Å². The van der Waals surface area contributed by atoms with Crippen LogP contribution in [-0.2, 0) is 41.7 Å². The first-order valence-electron chi connectivity index (χ1n) is 12.7. The van der Waals surface area contributed by atoms with E-state index >= 15 is 0 Å². The molecule has 1 heterocycles. The van der Waals surface area contributed by atoms with Crippen molar-refractivity contribution in [2.45, 2.75) is 71.1 Å². The summed E-state index contributed by atoms with van der Waals surface area (Å²) in [6.07, 6.45) is -0.368. The van der Waals surface area contributed by atoms with Crippen molar-refractivity contribution < 1.29 is 33.8 Å². The Morgan fingerprint density at radius 2 is 1.66 bits per heavy atom. The molecule has 10 heteroatoms. The molecule has 4 N–H and O–H groups in total. The number of rotatable bonds is 12. The molecule has 3 rings (SSSR count). The van der Waals surface area contributed by atoms with Crippen molar-refractivity contribution in [2.24, 2.45) is 5.92 Å². The topological polar surface area (TPSA) is 143 Å². The molecule has 10 nitrogen and oxygen atoms in total. The lowest BCUT2D eigenvalue weighted by Gasteiger charge is -2.25. The average Bonchev–Trinajstić information content (AvgIpc) is 3.24. The highest BCUT2D eigenvalue weighted by Gasteiger charge is 2.38. The zero-order valence-electron chi connectivity index (χ0n) is 21.8. The second-order valence-corrected chi connectivity index (χ2v) is 9.66. The number of phenols is 1. The van der Waals surface area contributed by atoms with Gasteiger partial charge in [0.15, 0.2) is 0 Å². The van der Waals surface area contributed by atoms with Crippen LogP contribution < -0.4 is 16.0 Å². The molecular weight excluding hydrogens is 490 g/mol. The standard InChI is InChI=1S/C28H35N3O7/c1-17(2)25(31-23(33)14-11-19-9-12-21(32)13-10-19)27(36)29-18(3)26(35)30-22-15-24(34)38-28(22)37-16-20-7-5-4-6-8-20/h4-10,12-13,17-18,22,25,28,32H,11,14-16H2,1-3H3,(H,29,36)(H,30,35)(H,31,33)/t18-,22?,25-,28?/m0/s1. The minimum absolute atomic E-state index is 0.0441. The van der Waals surface area contributed by atoms with Gasteiger partial charge < -0.3 is 30.5 Å². The first-order chi connectivity index (χ1) is 18.1. The maximum Gasteiger partial charge on any atom is 0.310 e. The minimum atomic E-state index is -0.939. The molecule has 1 aliphatic heterocycles. The predicted octanol–water partition coefficient (Wildman–Crippen LogP) is 1.94. The number of esters is 1. The number of phenolic OH excluding ortho intramolecular Hbond substituents is 1. The normalized spacial score (nSPS) is 18.4. The number of cyclic esters (lactones) is 1. The Labute approximate surface area is 222 Å². The highest BCUT2D eigenvalue weighted by atomic mass is 16.7. The molecule has 2 unspecified atom stereocenters. The lowest BCUT2D eigenvalue weighted by Crippen LogP contribution is -2.56. The van der Waals surface area contributed by atoms with Crippen LogP contribution in [0.5, 0.6) is 5.75 Å². The number of aromatic hydroxyl groups is 1. The van der Waals surface area contributed by atoms with Gasteiger partial charge in [-0.2, -0.15) is 0 Å². The van der Waals surface area contributed by atoms with E-state index in [9.17, 15) is 24.3 Å². The Hall–Kier alpha value is -3.92. The summed E-state index contributed by atoms with van der Waals surface area (Å²) >= 11 is 0. The van der Waals surface area contributed by atoms with Gasteiger partial charge in [-0.15, -0.1) is 0 Å². The van der Waals surface area contributed by atoms with Gasteiger partial charge in [-0.3, -0.25) is 19.2 Å². The molecule has 2 aromatic carbocycles. The van der Waals surface area contributed by atoms with Gasteiger partial charge in [0, 0.05) is 6.42 Å². The van der Waals surface area contributed by atoms with Crippen LogP contribution >= 0.6 is 0 Å². The SMILES string of the molecule is CC(C)[C@H](NC(=O)CCc1ccc(O)cc1)C(=O)N[C@@H](C)C(=O)NC1CC(=O)OC1OCc1ccccc1. The van der Waals surface area contributed by atoms with Crippen LogP contribution in [0.15, 0.2) is 54.6 Å². The van der Waals surface area contributed by atoms with E-state index in [1.165, 1.54) is 6.92 Å². The maximum atomic E-state index is 12.9. The zero-order chi connectivity index (χ0) is 27.7. The summed E-state index contributed by atoms with van der Waals surface area (Å²) in [5.74, 6) is -1.86. The Bertz CT molecular complexity index is 1110. The zero-order valence-corrected chi connectivity index (χ0v) is 21.8. The molecule has 38 heavy (non-hydrogen) atoms. The third kappa shape index (κ3) is 8.58.